The Labute approximate surface area is 112 Å². The number of hydrogen-bond acceptors (Lipinski definition) is 3. The summed E-state index contributed by atoms with van der Waals surface area (Å²) in [7, 11) is 1.41. The Kier molecular flexibility index (Phi) is 5.08. The maximum absolute atomic E-state index is 12.9. The van der Waals surface area contributed by atoms with Crippen LogP contribution in [0.15, 0.2) is 22.7 Å². The second kappa shape index (κ2) is 6.34. The van der Waals surface area contributed by atoms with Crippen molar-refractivity contribution >= 4 is 33.6 Å². The zero-order valence-corrected chi connectivity index (χ0v) is 11.5. The number of nitrogens with one attached hydrogen (secondary N) is 3. The van der Waals surface area contributed by atoms with Crippen molar-refractivity contribution in [3.8, 4) is 0 Å². The molecular weight excluding hydrogens is 305 g/mol. The molecule has 0 radical (unpaired) electrons. The number of carbonyl (C=O) groups is 2. The molecule has 18 heavy (non-hydrogen) atoms. The molecule has 1 atom stereocenters. The minimum absolute atomic E-state index is 0.380. The van der Waals surface area contributed by atoms with Gasteiger partial charge in [0, 0.05) is 17.2 Å². The van der Waals surface area contributed by atoms with E-state index < -0.39 is 18.0 Å². The number of carbonyl (C=O) groups excluding carboxylic acids is 2. The lowest BCUT2D eigenvalue weighted by Gasteiger charge is -2.15. The molecule has 98 valence electrons. The van der Waals surface area contributed by atoms with Crippen molar-refractivity contribution in [1.29, 1.82) is 0 Å². The molecule has 1 aromatic carbocycles. The van der Waals surface area contributed by atoms with Crippen molar-refractivity contribution in [2.75, 3.05) is 12.4 Å². The Balaban J connectivity index is 2.66. The monoisotopic (exact) mass is 317 g/mol. The van der Waals surface area contributed by atoms with Gasteiger partial charge in [0.15, 0.2) is 0 Å². The van der Waals surface area contributed by atoms with Crippen molar-refractivity contribution in [2.45, 2.75) is 13.0 Å². The zero-order chi connectivity index (χ0) is 13.7. The maximum Gasteiger partial charge on any atom is 0.321 e. The average molecular weight is 318 g/mol. The van der Waals surface area contributed by atoms with Crippen LogP contribution >= 0.6 is 15.9 Å². The van der Waals surface area contributed by atoms with Gasteiger partial charge < -0.3 is 10.6 Å². The fourth-order valence-corrected chi connectivity index (χ4v) is 1.65. The van der Waals surface area contributed by atoms with E-state index in [0.717, 1.165) is 0 Å². The molecule has 1 rings (SSSR count). The van der Waals surface area contributed by atoms with Crippen LogP contribution in [-0.4, -0.2) is 25.0 Å². The number of anilines is 1. The highest BCUT2D eigenvalue weighted by molar-refractivity contribution is 9.10. The molecule has 0 fully saturated rings. The summed E-state index contributed by atoms with van der Waals surface area (Å²) in [6.07, 6.45) is 0. The SMILES string of the molecule is CNC(=O)NC(=O)C(C)Nc1ccc(F)cc1Br. The summed E-state index contributed by atoms with van der Waals surface area (Å²) in [4.78, 5) is 22.5. The Morgan fingerprint density at radius 3 is 2.61 bits per heavy atom. The van der Waals surface area contributed by atoms with Gasteiger partial charge in [0.1, 0.15) is 11.9 Å². The normalized spacial score (nSPS) is 11.6. The first kappa shape index (κ1) is 14.4. The molecular formula is C11H13BrFN3O2. The fraction of sp³-hybridized carbons (Fsp3) is 0.273. The summed E-state index contributed by atoms with van der Waals surface area (Å²) in [5, 5.41) is 7.28. The van der Waals surface area contributed by atoms with Gasteiger partial charge in [-0.25, -0.2) is 9.18 Å². The first-order valence-electron chi connectivity index (χ1n) is 5.18. The summed E-state index contributed by atoms with van der Waals surface area (Å²) in [5.74, 6) is -0.861. The largest absolute Gasteiger partial charge is 0.373 e. The predicted molar refractivity (Wildman–Crippen MR) is 69.8 cm³/mol. The Morgan fingerprint density at radius 2 is 2.06 bits per heavy atom. The quantitative estimate of drug-likeness (QED) is 0.796. The first-order chi connectivity index (χ1) is 8.43. The lowest BCUT2D eigenvalue weighted by atomic mass is 10.2. The summed E-state index contributed by atoms with van der Waals surface area (Å²) in [6, 6.07) is 2.85. The van der Waals surface area contributed by atoms with Gasteiger partial charge in [0.05, 0.1) is 0 Å². The number of rotatable bonds is 3. The van der Waals surface area contributed by atoms with Crippen LogP contribution in [0.5, 0.6) is 0 Å². The van der Waals surface area contributed by atoms with Gasteiger partial charge in [0.2, 0.25) is 5.91 Å². The van der Waals surface area contributed by atoms with E-state index in [1.165, 1.54) is 25.2 Å². The fourth-order valence-electron chi connectivity index (χ4n) is 1.19. The van der Waals surface area contributed by atoms with Crippen LogP contribution < -0.4 is 16.0 Å². The number of imide groups is 1. The van der Waals surface area contributed by atoms with Crippen LogP contribution in [-0.2, 0) is 4.79 Å². The van der Waals surface area contributed by atoms with E-state index in [2.05, 4.69) is 31.9 Å². The van der Waals surface area contributed by atoms with E-state index in [-0.39, 0.29) is 5.82 Å². The van der Waals surface area contributed by atoms with Crippen molar-refractivity contribution in [1.82, 2.24) is 10.6 Å². The van der Waals surface area contributed by atoms with Gasteiger partial charge in [0.25, 0.3) is 0 Å². The molecule has 5 nitrogen and oxygen atoms in total. The molecule has 3 amide bonds. The van der Waals surface area contributed by atoms with Crippen LogP contribution in [0.2, 0.25) is 0 Å². The van der Waals surface area contributed by atoms with E-state index in [0.29, 0.717) is 10.2 Å². The van der Waals surface area contributed by atoms with Crippen LogP contribution in [0.4, 0.5) is 14.9 Å². The van der Waals surface area contributed by atoms with E-state index in [1.54, 1.807) is 6.92 Å². The van der Waals surface area contributed by atoms with Gasteiger partial charge in [-0.05, 0) is 41.1 Å². The third-order valence-electron chi connectivity index (χ3n) is 2.16. The molecule has 0 aliphatic heterocycles. The average Bonchev–Trinajstić information content (AvgIpc) is 2.32. The molecule has 1 aromatic rings. The third kappa shape index (κ3) is 3.99. The first-order valence-corrected chi connectivity index (χ1v) is 5.97. The molecule has 0 spiro atoms. The minimum Gasteiger partial charge on any atom is -0.373 e. The Bertz CT molecular complexity index is 468. The van der Waals surface area contributed by atoms with E-state index in [4.69, 9.17) is 0 Å². The molecule has 0 bridgehead atoms. The number of benzene rings is 1. The Hall–Kier alpha value is -1.63. The lowest BCUT2D eigenvalue weighted by Crippen LogP contribution is -2.44. The number of hydrogen-bond donors (Lipinski definition) is 3. The maximum atomic E-state index is 12.9. The second-order valence-corrected chi connectivity index (χ2v) is 4.41. The summed E-state index contributed by atoms with van der Waals surface area (Å²) >= 11 is 3.18. The van der Waals surface area contributed by atoms with Gasteiger partial charge in [-0.3, -0.25) is 10.1 Å². The third-order valence-corrected chi connectivity index (χ3v) is 2.82. The topological polar surface area (TPSA) is 70.2 Å². The lowest BCUT2D eigenvalue weighted by molar-refractivity contribution is -0.120. The van der Waals surface area contributed by atoms with E-state index in [9.17, 15) is 14.0 Å². The molecule has 3 N–H and O–H groups in total. The summed E-state index contributed by atoms with van der Waals surface area (Å²) < 4.78 is 13.4. The number of urea groups is 1. The van der Waals surface area contributed by atoms with Crippen molar-refractivity contribution < 1.29 is 14.0 Å². The van der Waals surface area contributed by atoms with E-state index >= 15 is 0 Å². The van der Waals surface area contributed by atoms with Crippen molar-refractivity contribution in [3.63, 3.8) is 0 Å². The highest BCUT2D eigenvalue weighted by Crippen LogP contribution is 2.23. The number of amides is 3. The van der Waals surface area contributed by atoms with Crippen molar-refractivity contribution in [3.05, 3.63) is 28.5 Å². The van der Waals surface area contributed by atoms with E-state index in [1.807, 2.05) is 0 Å². The smallest absolute Gasteiger partial charge is 0.321 e. The van der Waals surface area contributed by atoms with Crippen LogP contribution in [0, 0.1) is 5.82 Å². The highest BCUT2D eigenvalue weighted by atomic mass is 79.9. The van der Waals surface area contributed by atoms with Crippen LogP contribution in [0.3, 0.4) is 0 Å². The Morgan fingerprint density at radius 1 is 1.39 bits per heavy atom. The van der Waals surface area contributed by atoms with Crippen LogP contribution in [0.1, 0.15) is 6.92 Å². The zero-order valence-electron chi connectivity index (χ0n) is 9.88. The molecule has 0 saturated carbocycles. The van der Waals surface area contributed by atoms with Gasteiger partial charge in [-0.15, -0.1) is 0 Å². The highest BCUT2D eigenvalue weighted by Gasteiger charge is 2.15. The van der Waals surface area contributed by atoms with Gasteiger partial charge in [-0.1, -0.05) is 0 Å². The van der Waals surface area contributed by atoms with Crippen LogP contribution in [0.25, 0.3) is 0 Å². The number of halogens is 2. The molecule has 0 aliphatic carbocycles. The molecule has 0 aromatic heterocycles. The van der Waals surface area contributed by atoms with Crippen molar-refractivity contribution in [2.24, 2.45) is 0 Å². The standard InChI is InChI=1S/C11H13BrFN3O2/c1-6(10(17)16-11(18)14-2)15-9-4-3-7(13)5-8(9)12/h3-6,15H,1-2H3,(H2,14,16,17,18). The minimum atomic E-state index is -0.635. The molecule has 7 heteroatoms. The molecule has 1 unspecified atom stereocenters. The van der Waals surface area contributed by atoms with Gasteiger partial charge in [-0.2, -0.15) is 0 Å². The second-order valence-electron chi connectivity index (χ2n) is 3.56. The molecule has 0 aliphatic rings. The summed E-state index contributed by atoms with van der Waals surface area (Å²) in [5.41, 5.74) is 0.566. The van der Waals surface area contributed by atoms with Gasteiger partial charge >= 0.3 is 6.03 Å². The molecule has 0 heterocycles. The predicted octanol–water partition coefficient (Wildman–Crippen LogP) is 1.84. The summed E-state index contributed by atoms with van der Waals surface area (Å²) in [6.45, 7) is 1.59. The molecule has 0 saturated heterocycles.